The van der Waals surface area contributed by atoms with Gasteiger partial charge < -0.3 is 10.2 Å². The van der Waals surface area contributed by atoms with Gasteiger partial charge in [-0.1, -0.05) is 50.3 Å². The Hall–Kier alpha value is -2.48. The van der Waals surface area contributed by atoms with E-state index in [9.17, 15) is 10.2 Å². The SMILES string of the molecule is CC=Cc1cc(O)ccc1C(C)(C)c1ccc(O)cc1C=CC. The summed E-state index contributed by atoms with van der Waals surface area (Å²) in [6.45, 7) is 8.25. The van der Waals surface area contributed by atoms with Crippen LogP contribution in [0.2, 0.25) is 0 Å². The van der Waals surface area contributed by atoms with Crippen molar-refractivity contribution >= 4 is 12.2 Å². The third-order valence-electron chi connectivity index (χ3n) is 4.11. The summed E-state index contributed by atoms with van der Waals surface area (Å²) in [7, 11) is 0. The van der Waals surface area contributed by atoms with E-state index >= 15 is 0 Å². The second-order valence-corrected chi connectivity index (χ2v) is 6.17. The molecule has 2 aromatic rings. The van der Waals surface area contributed by atoms with Crippen molar-refractivity contribution in [2.75, 3.05) is 0 Å². The Labute approximate surface area is 138 Å². The number of benzene rings is 2. The summed E-state index contributed by atoms with van der Waals surface area (Å²) in [4.78, 5) is 0. The molecule has 23 heavy (non-hydrogen) atoms. The summed E-state index contributed by atoms with van der Waals surface area (Å²) in [5.41, 5.74) is 3.98. The van der Waals surface area contributed by atoms with Gasteiger partial charge in [0.1, 0.15) is 11.5 Å². The maximum Gasteiger partial charge on any atom is 0.116 e. The lowest BCUT2D eigenvalue weighted by Gasteiger charge is -2.30. The lowest BCUT2D eigenvalue weighted by atomic mass is 9.74. The highest BCUT2D eigenvalue weighted by Gasteiger charge is 2.27. The number of phenolic OH excluding ortho intramolecular Hbond substituents is 2. The largest absolute Gasteiger partial charge is 0.508 e. The molecular formula is C21H24O2. The molecule has 2 N–H and O–H groups in total. The fourth-order valence-corrected chi connectivity index (χ4v) is 3.02. The summed E-state index contributed by atoms with van der Waals surface area (Å²) >= 11 is 0. The van der Waals surface area contributed by atoms with Gasteiger partial charge >= 0.3 is 0 Å². The molecule has 0 spiro atoms. The molecule has 2 nitrogen and oxygen atoms in total. The Morgan fingerprint density at radius 3 is 1.48 bits per heavy atom. The number of aromatic hydroxyl groups is 2. The van der Waals surface area contributed by atoms with E-state index in [4.69, 9.17) is 0 Å². The quantitative estimate of drug-likeness (QED) is 0.784. The van der Waals surface area contributed by atoms with Crippen molar-refractivity contribution in [3.8, 4) is 11.5 Å². The number of hydrogen-bond acceptors (Lipinski definition) is 2. The van der Waals surface area contributed by atoms with Gasteiger partial charge in [-0.2, -0.15) is 0 Å². The molecule has 2 rings (SSSR count). The molecule has 0 saturated carbocycles. The zero-order valence-electron chi connectivity index (χ0n) is 14.2. The van der Waals surface area contributed by atoms with E-state index in [2.05, 4.69) is 13.8 Å². The highest BCUT2D eigenvalue weighted by Crippen LogP contribution is 2.38. The van der Waals surface area contributed by atoms with Crippen LogP contribution in [0.4, 0.5) is 0 Å². The minimum absolute atomic E-state index is 0.261. The van der Waals surface area contributed by atoms with Crippen molar-refractivity contribution < 1.29 is 10.2 Å². The van der Waals surface area contributed by atoms with Crippen molar-refractivity contribution in [3.05, 3.63) is 70.8 Å². The first-order chi connectivity index (χ1) is 10.9. The maximum absolute atomic E-state index is 9.80. The number of rotatable bonds is 4. The number of phenols is 2. The zero-order valence-corrected chi connectivity index (χ0v) is 14.2. The van der Waals surface area contributed by atoms with Crippen molar-refractivity contribution in [3.63, 3.8) is 0 Å². The molecule has 120 valence electrons. The first-order valence-electron chi connectivity index (χ1n) is 7.82. The summed E-state index contributed by atoms with van der Waals surface area (Å²) in [5, 5.41) is 19.6. The van der Waals surface area contributed by atoms with Gasteiger partial charge in [0.05, 0.1) is 0 Å². The van der Waals surface area contributed by atoms with Crippen LogP contribution < -0.4 is 0 Å². The number of allylic oxidation sites excluding steroid dienone is 2. The molecule has 0 radical (unpaired) electrons. The van der Waals surface area contributed by atoms with Gasteiger partial charge in [0, 0.05) is 5.41 Å². The summed E-state index contributed by atoms with van der Waals surface area (Å²) in [6, 6.07) is 11.0. The van der Waals surface area contributed by atoms with Gasteiger partial charge in [0.25, 0.3) is 0 Å². The van der Waals surface area contributed by atoms with E-state index in [1.165, 1.54) is 0 Å². The molecule has 0 heterocycles. The molecule has 0 atom stereocenters. The highest BCUT2D eigenvalue weighted by atomic mass is 16.3. The van der Waals surface area contributed by atoms with Crippen LogP contribution in [-0.4, -0.2) is 10.2 Å². The monoisotopic (exact) mass is 308 g/mol. The first-order valence-corrected chi connectivity index (χ1v) is 7.82. The predicted octanol–water partition coefficient (Wildman–Crippen LogP) is 5.49. The van der Waals surface area contributed by atoms with Crippen LogP contribution in [0.25, 0.3) is 12.2 Å². The second kappa shape index (κ2) is 6.74. The van der Waals surface area contributed by atoms with Gasteiger partial charge in [-0.05, 0) is 60.4 Å². The van der Waals surface area contributed by atoms with E-state index in [1.54, 1.807) is 24.3 Å². The van der Waals surface area contributed by atoms with E-state index in [0.29, 0.717) is 0 Å². The minimum Gasteiger partial charge on any atom is -0.508 e. The van der Waals surface area contributed by atoms with E-state index < -0.39 is 0 Å². The first kappa shape index (κ1) is 16.9. The standard InChI is InChI=1S/C21H24O2/c1-5-7-15-13-17(22)9-11-19(15)21(3,4)20-12-10-18(23)14-16(20)8-6-2/h5-14,22-23H,1-4H3. The fraction of sp³-hybridized carbons (Fsp3) is 0.238. The van der Waals surface area contributed by atoms with Crippen LogP contribution in [0.15, 0.2) is 48.6 Å². The lowest BCUT2D eigenvalue weighted by Crippen LogP contribution is -2.21. The van der Waals surface area contributed by atoms with E-state index in [0.717, 1.165) is 22.3 Å². The third-order valence-corrected chi connectivity index (χ3v) is 4.11. The molecule has 2 aromatic carbocycles. The Morgan fingerprint density at radius 1 is 0.739 bits per heavy atom. The Morgan fingerprint density at radius 2 is 1.13 bits per heavy atom. The van der Waals surface area contributed by atoms with Gasteiger partial charge in [-0.25, -0.2) is 0 Å². The molecule has 0 amide bonds. The molecule has 0 fully saturated rings. The van der Waals surface area contributed by atoms with Crippen molar-refractivity contribution in [1.82, 2.24) is 0 Å². The van der Waals surface area contributed by atoms with Crippen LogP contribution in [0, 0.1) is 0 Å². The van der Waals surface area contributed by atoms with E-state index in [-0.39, 0.29) is 16.9 Å². The van der Waals surface area contributed by atoms with Gasteiger partial charge in [-0.3, -0.25) is 0 Å². The zero-order chi connectivity index (χ0) is 17.0. The molecule has 0 aliphatic carbocycles. The highest BCUT2D eigenvalue weighted by molar-refractivity contribution is 5.64. The van der Waals surface area contributed by atoms with Crippen LogP contribution in [-0.2, 0) is 5.41 Å². The van der Waals surface area contributed by atoms with Crippen molar-refractivity contribution in [2.24, 2.45) is 0 Å². The third kappa shape index (κ3) is 3.48. The van der Waals surface area contributed by atoms with E-state index in [1.807, 2.05) is 50.3 Å². The summed E-state index contributed by atoms with van der Waals surface area (Å²) in [5.74, 6) is 0.522. The van der Waals surface area contributed by atoms with Crippen molar-refractivity contribution in [2.45, 2.75) is 33.1 Å². The Balaban J connectivity index is 2.68. The molecule has 0 aliphatic heterocycles. The molecule has 0 saturated heterocycles. The summed E-state index contributed by atoms with van der Waals surface area (Å²) in [6.07, 6.45) is 7.95. The van der Waals surface area contributed by atoms with Crippen LogP contribution in [0.5, 0.6) is 11.5 Å². The average Bonchev–Trinajstić information content (AvgIpc) is 2.47. The number of hydrogen-bond donors (Lipinski definition) is 2. The minimum atomic E-state index is -0.273. The Kier molecular flexibility index (Phi) is 4.95. The van der Waals surface area contributed by atoms with Crippen molar-refractivity contribution in [1.29, 1.82) is 0 Å². The molecule has 0 bridgehead atoms. The second-order valence-electron chi connectivity index (χ2n) is 6.17. The average molecular weight is 308 g/mol. The molecule has 0 aliphatic rings. The van der Waals surface area contributed by atoms with Crippen LogP contribution >= 0.6 is 0 Å². The Bertz CT molecular complexity index is 689. The van der Waals surface area contributed by atoms with Gasteiger partial charge in [0.15, 0.2) is 0 Å². The molecule has 0 aromatic heterocycles. The predicted molar refractivity (Wildman–Crippen MR) is 97.8 cm³/mol. The van der Waals surface area contributed by atoms with Gasteiger partial charge in [-0.15, -0.1) is 0 Å². The topological polar surface area (TPSA) is 40.5 Å². The lowest BCUT2D eigenvalue weighted by molar-refractivity contribution is 0.474. The van der Waals surface area contributed by atoms with Crippen LogP contribution in [0.3, 0.4) is 0 Å². The molecule has 0 unspecified atom stereocenters. The normalized spacial score (nSPS) is 12.3. The van der Waals surface area contributed by atoms with Gasteiger partial charge in [0.2, 0.25) is 0 Å². The molecular weight excluding hydrogens is 284 g/mol. The summed E-state index contributed by atoms with van der Waals surface area (Å²) < 4.78 is 0. The van der Waals surface area contributed by atoms with Crippen LogP contribution in [0.1, 0.15) is 49.9 Å². The fourth-order valence-electron chi connectivity index (χ4n) is 3.02. The smallest absolute Gasteiger partial charge is 0.116 e. The molecule has 2 heteroatoms. The maximum atomic E-state index is 9.80.